The van der Waals surface area contributed by atoms with Crippen molar-refractivity contribution in [1.82, 2.24) is 0 Å². The van der Waals surface area contributed by atoms with Crippen LogP contribution in [0.3, 0.4) is 0 Å². The van der Waals surface area contributed by atoms with E-state index in [9.17, 15) is 4.79 Å². The van der Waals surface area contributed by atoms with Crippen molar-refractivity contribution in [3.05, 3.63) is 29.3 Å². The molecular formula is C14H12N2O4. The summed E-state index contributed by atoms with van der Waals surface area (Å²) in [7, 11) is 1.50. The number of rotatable bonds is 4. The molecule has 0 aromatic heterocycles. The molecule has 0 radical (unpaired) electrons. The third-order valence-electron chi connectivity index (χ3n) is 2.69. The molecule has 2 rings (SSSR count). The fraction of sp³-hybridized carbons (Fsp3) is 0.214. The quantitative estimate of drug-likeness (QED) is 0.617. The van der Waals surface area contributed by atoms with Crippen LogP contribution in [0.4, 0.5) is 0 Å². The highest BCUT2D eigenvalue weighted by Gasteiger charge is 2.23. The van der Waals surface area contributed by atoms with Gasteiger partial charge in [0.15, 0.2) is 18.1 Å². The lowest BCUT2D eigenvalue weighted by Gasteiger charge is -2.11. The van der Waals surface area contributed by atoms with E-state index in [4.69, 9.17) is 14.7 Å². The van der Waals surface area contributed by atoms with Crippen LogP contribution in [0, 0.1) is 11.3 Å². The number of hydrogen-bond donors (Lipinski definition) is 0. The van der Waals surface area contributed by atoms with Crippen LogP contribution in [0.25, 0.3) is 6.08 Å². The predicted molar refractivity (Wildman–Crippen MR) is 71.3 cm³/mol. The van der Waals surface area contributed by atoms with Crippen LogP contribution in [-0.2, 0) is 9.63 Å². The number of nitriles is 1. The number of hydrogen-bond acceptors (Lipinski definition) is 6. The molecular weight excluding hydrogens is 260 g/mol. The number of para-hydroxylation sites is 1. The van der Waals surface area contributed by atoms with Crippen LogP contribution >= 0.6 is 0 Å². The fourth-order valence-corrected chi connectivity index (χ4v) is 1.74. The summed E-state index contributed by atoms with van der Waals surface area (Å²) in [6.45, 7) is 1.56. The van der Waals surface area contributed by atoms with Crippen molar-refractivity contribution >= 4 is 17.8 Å². The van der Waals surface area contributed by atoms with Crippen molar-refractivity contribution in [1.29, 1.82) is 5.26 Å². The number of methoxy groups -OCH3 is 1. The molecule has 0 unspecified atom stereocenters. The lowest BCUT2D eigenvalue weighted by Crippen LogP contribution is -2.03. The van der Waals surface area contributed by atoms with Crippen molar-refractivity contribution in [2.75, 3.05) is 13.7 Å². The summed E-state index contributed by atoms with van der Waals surface area (Å²) >= 11 is 0. The first-order valence-electron chi connectivity index (χ1n) is 5.82. The van der Waals surface area contributed by atoms with Gasteiger partial charge in [0.1, 0.15) is 6.07 Å². The van der Waals surface area contributed by atoms with E-state index in [1.807, 2.05) is 6.07 Å². The molecule has 1 aliphatic rings. The average Bonchev–Trinajstić information content (AvgIpc) is 2.77. The number of carbonyl (C=O) groups excluding carboxylic acids is 1. The molecule has 0 fully saturated rings. The summed E-state index contributed by atoms with van der Waals surface area (Å²) in [5.74, 6) is 0.364. The maximum absolute atomic E-state index is 11.5. The van der Waals surface area contributed by atoms with Crippen LogP contribution in [0.1, 0.15) is 12.5 Å². The smallest absolute Gasteiger partial charge is 0.367 e. The van der Waals surface area contributed by atoms with Crippen molar-refractivity contribution in [2.24, 2.45) is 5.16 Å². The second kappa shape index (κ2) is 5.89. The summed E-state index contributed by atoms with van der Waals surface area (Å²) in [4.78, 5) is 16.1. The standard InChI is InChI=1S/C14H12N2O4/c1-9-11(14(17)20-16-9)8-10-4-3-5-12(18-2)13(10)19-7-6-15/h3-5,8H,7H2,1-2H3/b11-8-. The molecule has 0 saturated heterocycles. The Morgan fingerprint density at radius 1 is 1.50 bits per heavy atom. The zero-order chi connectivity index (χ0) is 14.5. The summed E-state index contributed by atoms with van der Waals surface area (Å²) in [6.07, 6.45) is 1.60. The Bertz CT molecular complexity index is 641. The van der Waals surface area contributed by atoms with Crippen LogP contribution in [0.2, 0.25) is 0 Å². The molecule has 0 atom stereocenters. The first-order valence-corrected chi connectivity index (χ1v) is 5.82. The Labute approximate surface area is 115 Å². The Hall–Kier alpha value is -2.81. The average molecular weight is 272 g/mol. The summed E-state index contributed by atoms with van der Waals surface area (Å²) < 4.78 is 10.6. The van der Waals surface area contributed by atoms with Gasteiger partial charge >= 0.3 is 5.97 Å². The van der Waals surface area contributed by atoms with Crippen LogP contribution < -0.4 is 9.47 Å². The number of carbonyl (C=O) groups is 1. The van der Waals surface area contributed by atoms with Gasteiger partial charge in [-0.25, -0.2) is 4.79 Å². The summed E-state index contributed by atoms with van der Waals surface area (Å²) in [5.41, 5.74) is 1.45. The molecule has 6 heteroatoms. The molecule has 0 aliphatic carbocycles. The number of nitrogens with zero attached hydrogens (tertiary/aromatic N) is 2. The van der Waals surface area contributed by atoms with E-state index < -0.39 is 5.97 Å². The molecule has 20 heavy (non-hydrogen) atoms. The third kappa shape index (κ3) is 2.62. The van der Waals surface area contributed by atoms with Gasteiger partial charge < -0.3 is 14.3 Å². The number of benzene rings is 1. The maximum atomic E-state index is 11.5. The maximum Gasteiger partial charge on any atom is 0.367 e. The minimum atomic E-state index is -0.517. The second-order valence-corrected chi connectivity index (χ2v) is 3.94. The zero-order valence-corrected chi connectivity index (χ0v) is 11.0. The second-order valence-electron chi connectivity index (χ2n) is 3.94. The highest BCUT2D eigenvalue weighted by atomic mass is 16.7. The molecule has 0 spiro atoms. The molecule has 1 heterocycles. The Morgan fingerprint density at radius 3 is 2.90 bits per heavy atom. The summed E-state index contributed by atoms with van der Waals surface area (Å²) in [5, 5.41) is 12.2. The monoisotopic (exact) mass is 272 g/mol. The lowest BCUT2D eigenvalue weighted by molar-refractivity contribution is -0.136. The predicted octanol–water partition coefficient (Wildman–Crippen LogP) is 1.91. The van der Waals surface area contributed by atoms with Crippen LogP contribution in [-0.4, -0.2) is 25.4 Å². The van der Waals surface area contributed by atoms with Crippen molar-refractivity contribution < 1.29 is 19.1 Å². The van der Waals surface area contributed by atoms with E-state index in [0.717, 1.165) is 0 Å². The van der Waals surface area contributed by atoms with Gasteiger partial charge in [-0.15, -0.1) is 0 Å². The normalized spacial score (nSPS) is 15.6. The van der Waals surface area contributed by atoms with Gasteiger partial charge in [0.05, 0.1) is 18.4 Å². The molecule has 0 N–H and O–H groups in total. The molecule has 1 aliphatic heterocycles. The highest BCUT2D eigenvalue weighted by Crippen LogP contribution is 2.33. The molecule has 1 aromatic carbocycles. The summed E-state index contributed by atoms with van der Waals surface area (Å²) in [6, 6.07) is 7.12. The van der Waals surface area contributed by atoms with E-state index >= 15 is 0 Å². The van der Waals surface area contributed by atoms with E-state index in [-0.39, 0.29) is 6.61 Å². The SMILES string of the molecule is COc1cccc(/C=C2\C(=O)ON=C2C)c1OCC#N. The van der Waals surface area contributed by atoms with Gasteiger partial charge in [0, 0.05) is 5.56 Å². The van der Waals surface area contributed by atoms with E-state index in [1.165, 1.54) is 7.11 Å². The topological polar surface area (TPSA) is 80.9 Å². The highest BCUT2D eigenvalue weighted by molar-refractivity contribution is 6.24. The van der Waals surface area contributed by atoms with E-state index in [1.54, 1.807) is 31.2 Å². The minimum Gasteiger partial charge on any atom is -0.493 e. The molecule has 102 valence electrons. The van der Waals surface area contributed by atoms with Gasteiger partial charge in [-0.1, -0.05) is 17.3 Å². The first kappa shape index (κ1) is 13.6. The van der Waals surface area contributed by atoms with Gasteiger partial charge in [0.25, 0.3) is 0 Å². The van der Waals surface area contributed by atoms with E-state index in [0.29, 0.717) is 28.3 Å². The van der Waals surface area contributed by atoms with Crippen molar-refractivity contribution in [3.8, 4) is 17.6 Å². The van der Waals surface area contributed by atoms with Gasteiger partial charge in [0.2, 0.25) is 0 Å². The zero-order valence-electron chi connectivity index (χ0n) is 11.0. The van der Waals surface area contributed by atoms with Gasteiger partial charge in [-0.05, 0) is 19.1 Å². The molecule has 6 nitrogen and oxygen atoms in total. The molecule has 0 saturated carbocycles. The van der Waals surface area contributed by atoms with Crippen molar-refractivity contribution in [2.45, 2.75) is 6.92 Å². The lowest BCUT2D eigenvalue weighted by atomic mass is 10.1. The first-order chi connectivity index (χ1) is 9.67. The third-order valence-corrected chi connectivity index (χ3v) is 2.69. The largest absolute Gasteiger partial charge is 0.493 e. The molecule has 0 amide bonds. The van der Waals surface area contributed by atoms with Crippen LogP contribution in [0.15, 0.2) is 28.9 Å². The minimum absolute atomic E-state index is 0.117. The number of oxime groups is 1. The van der Waals surface area contributed by atoms with Gasteiger partial charge in [-0.3, -0.25) is 0 Å². The Morgan fingerprint density at radius 2 is 2.30 bits per heavy atom. The Balaban J connectivity index is 2.46. The number of ether oxygens (including phenoxy) is 2. The Kier molecular flexibility index (Phi) is 4.01. The van der Waals surface area contributed by atoms with Crippen LogP contribution in [0.5, 0.6) is 11.5 Å². The molecule has 0 bridgehead atoms. The van der Waals surface area contributed by atoms with Gasteiger partial charge in [-0.2, -0.15) is 5.26 Å². The van der Waals surface area contributed by atoms with E-state index in [2.05, 4.69) is 9.99 Å². The fourth-order valence-electron chi connectivity index (χ4n) is 1.74. The van der Waals surface area contributed by atoms with Crippen molar-refractivity contribution in [3.63, 3.8) is 0 Å². The molecule has 1 aromatic rings.